The Balaban J connectivity index is 1.70. The summed E-state index contributed by atoms with van der Waals surface area (Å²) < 4.78 is 0. The van der Waals surface area contributed by atoms with Gasteiger partial charge in [-0.2, -0.15) is 0 Å². The first kappa shape index (κ1) is 33.9. The van der Waals surface area contributed by atoms with Gasteiger partial charge in [0, 0.05) is 16.9 Å². The summed E-state index contributed by atoms with van der Waals surface area (Å²) in [5.41, 5.74) is -1.26. The number of carbonyl (C=O) groups excluding carboxylic acids is 5. The summed E-state index contributed by atoms with van der Waals surface area (Å²) in [6.45, 7) is 18.6. The molecule has 2 aromatic carbocycles. The van der Waals surface area contributed by atoms with Crippen LogP contribution in [0.4, 0.5) is 0 Å². The van der Waals surface area contributed by atoms with Crippen molar-refractivity contribution in [3.05, 3.63) is 52.6 Å². The average molecular weight is 629 g/mol. The zero-order valence-electron chi connectivity index (χ0n) is 28.8. The van der Waals surface area contributed by atoms with Crippen molar-refractivity contribution in [2.75, 3.05) is 0 Å². The van der Waals surface area contributed by atoms with Gasteiger partial charge in [0.1, 0.15) is 17.5 Å². The van der Waals surface area contributed by atoms with Crippen molar-refractivity contribution in [2.45, 2.75) is 100 Å². The lowest BCUT2D eigenvalue weighted by Gasteiger charge is -2.62. The van der Waals surface area contributed by atoms with E-state index in [-0.39, 0.29) is 41.4 Å². The van der Waals surface area contributed by atoms with Gasteiger partial charge >= 0.3 is 0 Å². The number of ketones is 5. The van der Waals surface area contributed by atoms with Crippen molar-refractivity contribution in [3.8, 4) is 16.9 Å². The van der Waals surface area contributed by atoms with E-state index in [2.05, 4.69) is 20.8 Å². The highest BCUT2D eigenvalue weighted by Gasteiger charge is 2.76. The second-order valence-corrected chi connectivity index (χ2v) is 16.6. The average Bonchev–Trinajstić information content (AvgIpc) is 2.90. The van der Waals surface area contributed by atoms with Crippen molar-refractivity contribution in [1.29, 1.82) is 0 Å². The molecule has 246 valence electrons. The lowest BCUT2D eigenvalue weighted by atomic mass is 9.39. The molecule has 2 aromatic rings. The maximum atomic E-state index is 14.6. The van der Waals surface area contributed by atoms with E-state index in [9.17, 15) is 34.2 Å². The van der Waals surface area contributed by atoms with Crippen LogP contribution in [-0.4, -0.2) is 44.7 Å². The third-order valence-corrected chi connectivity index (χ3v) is 11.0. The Hall–Kier alpha value is -3.45. The molecule has 0 aliphatic heterocycles. The Labute approximate surface area is 272 Å². The molecular formula is C39H48O7. The Morgan fingerprint density at radius 1 is 0.978 bits per heavy atom. The molecule has 2 N–H and O–H groups in total. The van der Waals surface area contributed by atoms with Crippen LogP contribution in [0.25, 0.3) is 11.1 Å². The molecule has 3 aliphatic carbocycles. The van der Waals surface area contributed by atoms with Gasteiger partial charge in [0.15, 0.2) is 28.7 Å². The summed E-state index contributed by atoms with van der Waals surface area (Å²) in [5.74, 6) is -8.84. The number of fused-ring (bicyclic) bond motifs is 3. The van der Waals surface area contributed by atoms with E-state index in [0.29, 0.717) is 11.1 Å². The van der Waals surface area contributed by atoms with Crippen molar-refractivity contribution < 1.29 is 34.2 Å². The minimum Gasteiger partial charge on any atom is -0.507 e. The van der Waals surface area contributed by atoms with Crippen LogP contribution in [0.3, 0.4) is 0 Å². The van der Waals surface area contributed by atoms with Gasteiger partial charge in [-0.15, -0.1) is 0 Å². The van der Waals surface area contributed by atoms with Gasteiger partial charge < -0.3 is 10.2 Å². The van der Waals surface area contributed by atoms with Crippen LogP contribution in [0.5, 0.6) is 5.75 Å². The number of phenols is 1. The van der Waals surface area contributed by atoms with Gasteiger partial charge in [0.25, 0.3) is 0 Å². The van der Waals surface area contributed by atoms with Crippen LogP contribution in [0.2, 0.25) is 0 Å². The first-order chi connectivity index (χ1) is 21.1. The van der Waals surface area contributed by atoms with Crippen LogP contribution >= 0.6 is 0 Å². The van der Waals surface area contributed by atoms with E-state index in [0.717, 1.165) is 30.0 Å². The zero-order chi connectivity index (χ0) is 34.5. The molecule has 46 heavy (non-hydrogen) atoms. The van der Waals surface area contributed by atoms with E-state index >= 15 is 0 Å². The quantitative estimate of drug-likeness (QED) is 0.364. The molecule has 0 heterocycles. The summed E-state index contributed by atoms with van der Waals surface area (Å²) in [4.78, 5) is 69.6. The summed E-state index contributed by atoms with van der Waals surface area (Å²) in [6.07, 6.45) is 1.15. The standard InChI is InChI=1S/C39H48O7/c1-19(2)24-15-25(23-13-11-22(12-14-23)16-36(6,7)8)31(41)28-26(24)17-37(9)18-38(10)29(20(3)4)32(42)27(21(5)40)34(44)39(38,46)35(45)30(37)33(28)43/h11-15,19-20,27,29-30,41,46H,16-18H2,1-10H3/t27?,29?,30?,37-,38-,39+/m1/s1. The number of benzene rings is 2. The highest BCUT2D eigenvalue weighted by molar-refractivity contribution is 6.32. The van der Waals surface area contributed by atoms with Crippen molar-refractivity contribution in [2.24, 2.45) is 39.9 Å². The first-order valence-corrected chi connectivity index (χ1v) is 16.5. The van der Waals surface area contributed by atoms with Crippen molar-refractivity contribution in [1.82, 2.24) is 0 Å². The van der Waals surface area contributed by atoms with E-state index in [1.165, 1.54) is 0 Å². The van der Waals surface area contributed by atoms with Crippen molar-refractivity contribution in [3.63, 3.8) is 0 Å². The van der Waals surface area contributed by atoms with Crippen LogP contribution < -0.4 is 0 Å². The molecule has 0 saturated heterocycles. The van der Waals surface area contributed by atoms with Gasteiger partial charge in [-0.3, -0.25) is 24.0 Å². The maximum absolute atomic E-state index is 14.6. The lowest BCUT2D eigenvalue weighted by molar-refractivity contribution is -0.205. The second kappa shape index (κ2) is 10.8. The monoisotopic (exact) mass is 628 g/mol. The molecule has 2 fully saturated rings. The SMILES string of the molecule is CC(=O)C1C(=O)C(C(C)C)[C@@]2(C)C[C@@]3(C)Cc4c(C(C)C)cc(-c5ccc(CC(C)(C)C)cc5)c(O)c4C(=O)C3C(=O)[C@@]2(O)C1=O. The minimum absolute atomic E-state index is 0.0226. The zero-order valence-corrected chi connectivity index (χ0v) is 28.8. The highest BCUT2D eigenvalue weighted by atomic mass is 16.3. The molecular weight excluding hydrogens is 580 g/mol. The molecule has 5 rings (SSSR count). The first-order valence-electron chi connectivity index (χ1n) is 16.5. The molecule has 3 aliphatic rings. The van der Waals surface area contributed by atoms with Crippen LogP contribution in [0.1, 0.15) is 109 Å². The highest BCUT2D eigenvalue weighted by Crippen LogP contribution is 2.64. The predicted octanol–water partition coefficient (Wildman–Crippen LogP) is 6.47. The Kier molecular flexibility index (Phi) is 7.96. The molecule has 0 aromatic heterocycles. The lowest BCUT2D eigenvalue weighted by Crippen LogP contribution is -2.76. The Morgan fingerprint density at radius 3 is 2.07 bits per heavy atom. The fourth-order valence-electron chi connectivity index (χ4n) is 9.38. The topological polar surface area (TPSA) is 126 Å². The molecule has 0 bridgehead atoms. The predicted molar refractivity (Wildman–Crippen MR) is 176 cm³/mol. The third kappa shape index (κ3) is 4.75. The van der Waals surface area contributed by atoms with E-state index in [1.54, 1.807) is 20.8 Å². The molecule has 3 unspecified atom stereocenters. The van der Waals surface area contributed by atoms with Crippen molar-refractivity contribution >= 4 is 28.9 Å². The van der Waals surface area contributed by atoms with Gasteiger partial charge in [-0.05, 0) is 77.2 Å². The largest absolute Gasteiger partial charge is 0.507 e. The summed E-state index contributed by atoms with van der Waals surface area (Å²) in [5, 5.41) is 24.1. The molecule has 7 nitrogen and oxygen atoms in total. The number of Topliss-reactive ketones (excluding diaryl/α,β-unsaturated/α-hetero) is 5. The van der Waals surface area contributed by atoms with E-state index in [4.69, 9.17) is 0 Å². The van der Waals surface area contributed by atoms with Gasteiger partial charge in [0.2, 0.25) is 0 Å². The molecule has 0 radical (unpaired) electrons. The molecule has 6 atom stereocenters. The number of phenolic OH excluding ortho intramolecular Hbond substituents is 1. The molecule has 2 saturated carbocycles. The fraction of sp³-hybridized carbons (Fsp3) is 0.564. The number of hydrogen-bond donors (Lipinski definition) is 2. The second-order valence-electron chi connectivity index (χ2n) is 16.6. The van der Waals surface area contributed by atoms with Crippen LogP contribution in [-0.2, 0) is 32.0 Å². The summed E-state index contributed by atoms with van der Waals surface area (Å²) >= 11 is 0. The summed E-state index contributed by atoms with van der Waals surface area (Å²) in [6, 6.07) is 9.81. The number of rotatable bonds is 5. The smallest absolute Gasteiger partial charge is 0.190 e. The van der Waals surface area contributed by atoms with E-state index < -0.39 is 63.1 Å². The molecule has 7 heteroatoms. The Bertz CT molecular complexity index is 1670. The van der Waals surface area contributed by atoms with Gasteiger partial charge in [-0.1, -0.05) is 86.6 Å². The normalized spacial score (nSPS) is 31.2. The third-order valence-electron chi connectivity index (χ3n) is 11.0. The number of aromatic hydroxyl groups is 1. The number of hydrogen-bond acceptors (Lipinski definition) is 7. The summed E-state index contributed by atoms with van der Waals surface area (Å²) in [7, 11) is 0. The number of aliphatic hydroxyl groups is 1. The Morgan fingerprint density at radius 2 is 1.57 bits per heavy atom. The van der Waals surface area contributed by atoms with Crippen LogP contribution in [0.15, 0.2) is 30.3 Å². The minimum atomic E-state index is -2.71. The van der Waals surface area contributed by atoms with Crippen LogP contribution in [0, 0.1) is 39.9 Å². The maximum Gasteiger partial charge on any atom is 0.190 e. The fourth-order valence-corrected chi connectivity index (χ4v) is 9.38. The molecule has 0 spiro atoms. The molecule has 0 amide bonds. The van der Waals surface area contributed by atoms with Gasteiger partial charge in [-0.25, -0.2) is 0 Å². The van der Waals surface area contributed by atoms with E-state index in [1.807, 2.05) is 51.1 Å². The van der Waals surface area contributed by atoms with Gasteiger partial charge in [0.05, 0.1) is 11.5 Å². The number of carbonyl (C=O) groups is 5.